The van der Waals surface area contributed by atoms with Crippen LogP contribution in [-0.2, 0) is 22.1 Å². The topological polar surface area (TPSA) is 65.2 Å². The van der Waals surface area contributed by atoms with Crippen molar-refractivity contribution in [3.05, 3.63) is 29.6 Å². The van der Waals surface area contributed by atoms with Crippen molar-refractivity contribution in [2.45, 2.75) is 18.6 Å². The molecular weight excluding hydrogens is 237 g/mol. The van der Waals surface area contributed by atoms with E-state index in [-0.39, 0.29) is 6.42 Å². The summed E-state index contributed by atoms with van der Waals surface area (Å²) >= 11 is 0. The highest BCUT2D eigenvalue weighted by Crippen LogP contribution is 2.27. The second kappa shape index (κ2) is 5.13. The fourth-order valence-corrected chi connectivity index (χ4v) is 1.20. The van der Waals surface area contributed by atoms with Crippen molar-refractivity contribution < 1.29 is 22.7 Å². The van der Waals surface area contributed by atoms with Crippen molar-refractivity contribution in [1.82, 2.24) is 4.98 Å². The maximum Gasteiger partial charge on any atom is 0.433 e. The standard InChI is InChI=1S/C10H11F3N2O2/c1-17-9(16)7(14)4-6-2-3-8(15-5-6)10(11,12)13/h2-3,5,7H,4,14H2,1H3. The molecular formula is C10H11F3N2O2. The molecule has 17 heavy (non-hydrogen) atoms. The number of halogens is 3. The number of nitrogens with two attached hydrogens (primary N) is 1. The highest BCUT2D eigenvalue weighted by molar-refractivity contribution is 5.75. The third kappa shape index (κ3) is 3.70. The number of methoxy groups -OCH3 is 1. The first-order valence-electron chi connectivity index (χ1n) is 4.70. The first kappa shape index (κ1) is 13.4. The molecule has 7 heteroatoms. The fourth-order valence-electron chi connectivity index (χ4n) is 1.20. The summed E-state index contributed by atoms with van der Waals surface area (Å²) in [6.07, 6.45) is -3.34. The largest absolute Gasteiger partial charge is 0.468 e. The first-order chi connectivity index (χ1) is 7.84. The SMILES string of the molecule is COC(=O)C(N)Cc1ccc(C(F)(F)F)nc1. The van der Waals surface area contributed by atoms with Crippen molar-refractivity contribution in [2.24, 2.45) is 5.73 Å². The van der Waals surface area contributed by atoms with E-state index in [0.717, 1.165) is 12.3 Å². The van der Waals surface area contributed by atoms with Gasteiger partial charge in [0, 0.05) is 6.20 Å². The molecule has 0 amide bonds. The second-order valence-corrected chi connectivity index (χ2v) is 3.38. The van der Waals surface area contributed by atoms with E-state index >= 15 is 0 Å². The number of hydrogen-bond donors (Lipinski definition) is 1. The lowest BCUT2D eigenvalue weighted by atomic mass is 10.1. The summed E-state index contributed by atoms with van der Waals surface area (Å²) in [5.41, 5.74) is 4.92. The first-order valence-corrected chi connectivity index (χ1v) is 4.70. The highest BCUT2D eigenvalue weighted by atomic mass is 19.4. The summed E-state index contributed by atoms with van der Waals surface area (Å²) in [7, 11) is 1.19. The molecule has 1 rings (SSSR count). The van der Waals surface area contributed by atoms with Gasteiger partial charge in [-0.2, -0.15) is 13.2 Å². The number of esters is 1. The molecule has 0 aromatic carbocycles. The number of alkyl halides is 3. The monoisotopic (exact) mass is 248 g/mol. The Morgan fingerprint density at radius 2 is 2.18 bits per heavy atom. The van der Waals surface area contributed by atoms with Crippen LogP contribution in [0, 0.1) is 0 Å². The van der Waals surface area contributed by atoms with Crippen LogP contribution in [-0.4, -0.2) is 24.1 Å². The van der Waals surface area contributed by atoms with E-state index in [4.69, 9.17) is 5.73 Å². The van der Waals surface area contributed by atoms with Gasteiger partial charge in [0.05, 0.1) is 7.11 Å². The zero-order valence-corrected chi connectivity index (χ0v) is 8.99. The van der Waals surface area contributed by atoms with Gasteiger partial charge in [0.25, 0.3) is 0 Å². The van der Waals surface area contributed by atoms with Crippen molar-refractivity contribution in [3.8, 4) is 0 Å². The number of hydrogen-bond acceptors (Lipinski definition) is 4. The molecule has 0 bridgehead atoms. The Morgan fingerprint density at radius 3 is 2.59 bits per heavy atom. The number of ether oxygens (including phenoxy) is 1. The number of nitrogens with zero attached hydrogens (tertiary/aromatic N) is 1. The predicted octanol–water partition coefficient (Wildman–Crippen LogP) is 1.14. The van der Waals surface area contributed by atoms with Gasteiger partial charge in [-0.25, -0.2) is 0 Å². The molecule has 2 N–H and O–H groups in total. The Morgan fingerprint density at radius 1 is 1.53 bits per heavy atom. The second-order valence-electron chi connectivity index (χ2n) is 3.38. The molecule has 94 valence electrons. The van der Waals surface area contributed by atoms with E-state index in [1.807, 2.05) is 0 Å². The summed E-state index contributed by atoms with van der Waals surface area (Å²) < 4.78 is 41.0. The van der Waals surface area contributed by atoms with Gasteiger partial charge in [0.2, 0.25) is 0 Å². The van der Waals surface area contributed by atoms with Crippen LogP contribution in [0.25, 0.3) is 0 Å². The Balaban J connectivity index is 2.72. The summed E-state index contributed by atoms with van der Waals surface area (Å²) in [6.45, 7) is 0. The smallest absolute Gasteiger partial charge is 0.433 e. The van der Waals surface area contributed by atoms with Crippen molar-refractivity contribution in [3.63, 3.8) is 0 Å². The lowest BCUT2D eigenvalue weighted by Crippen LogP contribution is -2.33. The van der Waals surface area contributed by atoms with Crippen LogP contribution in [0.3, 0.4) is 0 Å². The molecule has 0 aliphatic rings. The normalized spacial score (nSPS) is 13.2. The molecule has 0 saturated carbocycles. The molecule has 0 radical (unpaired) electrons. The molecule has 1 heterocycles. The third-order valence-electron chi connectivity index (χ3n) is 2.07. The lowest BCUT2D eigenvalue weighted by Gasteiger charge is -2.10. The number of aromatic nitrogens is 1. The molecule has 0 saturated heterocycles. The Bertz CT molecular complexity index is 390. The van der Waals surface area contributed by atoms with E-state index in [1.54, 1.807) is 0 Å². The summed E-state index contributed by atoms with van der Waals surface area (Å²) in [6, 6.07) is 1.18. The van der Waals surface area contributed by atoms with Gasteiger partial charge < -0.3 is 10.5 Å². The zero-order chi connectivity index (χ0) is 13.1. The maximum absolute atomic E-state index is 12.2. The number of carbonyl (C=O) groups excluding carboxylic acids is 1. The van der Waals surface area contributed by atoms with Crippen molar-refractivity contribution >= 4 is 5.97 Å². The van der Waals surface area contributed by atoms with Gasteiger partial charge in [-0.05, 0) is 18.1 Å². The summed E-state index contributed by atoms with van der Waals surface area (Å²) in [5, 5.41) is 0. The van der Waals surface area contributed by atoms with E-state index in [2.05, 4.69) is 9.72 Å². The quantitative estimate of drug-likeness (QED) is 0.815. The molecule has 1 atom stereocenters. The number of rotatable bonds is 3. The van der Waals surface area contributed by atoms with Crippen LogP contribution in [0.2, 0.25) is 0 Å². The van der Waals surface area contributed by atoms with Gasteiger partial charge in [0.1, 0.15) is 11.7 Å². The predicted molar refractivity (Wildman–Crippen MR) is 52.9 cm³/mol. The zero-order valence-electron chi connectivity index (χ0n) is 8.99. The molecule has 1 aromatic heterocycles. The van der Waals surface area contributed by atoms with Gasteiger partial charge in [-0.1, -0.05) is 6.07 Å². The van der Waals surface area contributed by atoms with Crippen LogP contribution in [0.5, 0.6) is 0 Å². The molecule has 4 nitrogen and oxygen atoms in total. The van der Waals surface area contributed by atoms with Gasteiger partial charge >= 0.3 is 12.1 Å². The van der Waals surface area contributed by atoms with Crippen LogP contribution in [0.1, 0.15) is 11.3 Å². The molecule has 0 spiro atoms. The van der Waals surface area contributed by atoms with Crippen LogP contribution < -0.4 is 5.73 Å². The van der Waals surface area contributed by atoms with Crippen LogP contribution >= 0.6 is 0 Å². The molecule has 0 fully saturated rings. The summed E-state index contributed by atoms with van der Waals surface area (Å²) in [4.78, 5) is 14.3. The maximum atomic E-state index is 12.2. The summed E-state index contributed by atoms with van der Waals surface area (Å²) in [5.74, 6) is -0.620. The number of carbonyl (C=O) groups is 1. The van der Waals surface area contributed by atoms with Crippen LogP contribution in [0.4, 0.5) is 13.2 Å². The average Bonchev–Trinajstić information content (AvgIpc) is 2.27. The minimum absolute atomic E-state index is 0.0812. The van der Waals surface area contributed by atoms with Crippen molar-refractivity contribution in [2.75, 3.05) is 7.11 Å². The molecule has 1 aromatic rings. The van der Waals surface area contributed by atoms with E-state index in [9.17, 15) is 18.0 Å². The Labute approximate surface area is 95.6 Å². The minimum Gasteiger partial charge on any atom is -0.468 e. The van der Waals surface area contributed by atoms with E-state index < -0.39 is 23.9 Å². The molecule has 0 aliphatic heterocycles. The Kier molecular flexibility index (Phi) is 4.06. The lowest BCUT2D eigenvalue weighted by molar-refractivity contribution is -0.142. The molecule has 0 aliphatic carbocycles. The highest BCUT2D eigenvalue weighted by Gasteiger charge is 2.32. The van der Waals surface area contributed by atoms with Gasteiger partial charge in [-0.15, -0.1) is 0 Å². The van der Waals surface area contributed by atoms with Crippen molar-refractivity contribution in [1.29, 1.82) is 0 Å². The van der Waals surface area contributed by atoms with E-state index in [1.165, 1.54) is 13.2 Å². The molecule has 1 unspecified atom stereocenters. The van der Waals surface area contributed by atoms with Crippen LogP contribution in [0.15, 0.2) is 18.3 Å². The number of pyridine rings is 1. The van der Waals surface area contributed by atoms with Gasteiger partial charge in [0.15, 0.2) is 0 Å². The van der Waals surface area contributed by atoms with Gasteiger partial charge in [-0.3, -0.25) is 9.78 Å². The minimum atomic E-state index is -4.47. The third-order valence-corrected chi connectivity index (χ3v) is 2.07. The van der Waals surface area contributed by atoms with E-state index in [0.29, 0.717) is 5.56 Å². The fraction of sp³-hybridized carbons (Fsp3) is 0.400. The Hall–Kier alpha value is -1.63. The average molecular weight is 248 g/mol.